The second-order valence-corrected chi connectivity index (χ2v) is 3.71. The standard InChI is InChI=1S/C12H17FN2O2.ClH/c1-8(15-12(16)7-14-2)9-4-5-11(17-3)10(13)6-9;/h4-6,8,14H,7H2,1-3H3,(H,15,16);1H. The highest BCUT2D eigenvalue weighted by Gasteiger charge is 2.11. The Balaban J connectivity index is 0.00000289. The van der Waals surface area contributed by atoms with E-state index in [-0.39, 0.29) is 36.7 Å². The number of hydrogen-bond donors (Lipinski definition) is 2. The average molecular weight is 277 g/mol. The molecule has 2 N–H and O–H groups in total. The first-order valence-electron chi connectivity index (χ1n) is 5.36. The molecule has 1 aromatic carbocycles. The molecule has 0 fully saturated rings. The van der Waals surface area contributed by atoms with Crippen LogP contribution < -0.4 is 15.4 Å². The average Bonchev–Trinajstić information content (AvgIpc) is 2.29. The van der Waals surface area contributed by atoms with Crippen molar-refractivity contribution in [3.05, 3.63) is 29.6 Å². The smallest absolute Gasteiger partial charge is 0.234 e. The van der Waals surface area contributed by atoms with Gasteiger partial charge in [-0.05, 0) is 31.7 Å². The van der Waals surface area contributed by atoms with E-state index >= 15 is 0 Å². The maximum atomic E-state index is 13.4. The largest absolute Gasteiger partial charge is 0.494 e. The van der Waals surface area contributed by atoms with Gasteiger partial charge in [0.25, 0.3) is 0 Å². The number of carbonyl (C=O) groups excluding carboxylic acids is 1. The highest BCUT2D eigenvalue weighted by Crippen LogP contribution is 2.21. The molecule has 1 unspecified atom stereocenters. The lowest BCUT2D eigenvalue weighted by atomic mass is 10.1. The Hall–Kier alpha value is -1.33. The van der Waals surface area contributed by atoms with Crippen molar-refractivity contribution in [3.63, 3.8) is 0 Å². The summed E-state index contributed by atoms with van der Waals surface area (Å²) in [6, 6.07) is 4.40. The van der Waals surface area contributed by atoms with Gasteiger partial charge in [0, 0.05) is 0 Å². The molecule has 0 saturated heterocycles. The molecule has 6 heteroatoms. The third kappa shape index (κ3) is 4.50. The minimum atomic E-state index is -0.431. The monoisotopic (exact) mass is 276 g/mol. The highest BCUT2D eigenvalue weighted by molar-refractivity contribution is 5.85. The first-order valence-corrected chi connectivity index (χ1v) is 5.36. The zero-order chi connectivity index (χ0) is 12.8. The number of methoxy groups -OCH3 is 1. The van der Waals surface area contributed by atoms with Gasteiger partial charge in [-0.25, -0.2) is 4.39 Å². The number of rotatable bonds is 5. The molecule has 0 bridgehead atoms. The number of amides is 1. The Kier molecular flexibility index (Phi) is 7.31. The molecule has 4 nitrogen and oxygen atoms in total. The lowest BCUT2D eigenvalue weighted by Crippen LogP contribution is -2.33. The van der Waals surface area contributed by atoms with Gasteiger partial charge < -0.3 is 15.4 Å². The van der Waals surface area contributed by atoms with Gasteiger partial charge in [0.1, 0.15) is 0 Å². The molecule has 0 saturated carbocycles. The predicted molar refractivity (Wildman–Crippen MR) is 70.7 cm³/mol. The molecule has 102 valence electrons. The van der Waals surface area contributed by atoms with Crippen LogP contribution in [0.25, 0.3) is 0 Å². The second-order valence-electron chi connectivity index (χ2n) is 3.71. The van der Waals surface area contributed by atoms with Crippen LogP contribution >= 0.6 is 12.4 Å². The van der Waals surface area contributed by atoms with E-state index in [4.69, 9.17) is 4.74 Å². The molecule has 1 amide bonds. The molecule has 0 aromatic heterocycles. The summed E-state index contributed by atoms with van der Waals surface area (Å²) in [5, 5.41) is 5.50. The molecular weight excluding hydrogens is 259 g/mol. The van der Waals surface area contributed by atoms with Crippen LogP contribution in [0.1, 0.15) is 18.5 Å². The van der Waals surface area contributed by atoms with Gasteiger partial charge in [-0.2, -0.15) is 0 Å². The van der Waals surface area contributed by atoms with Gasteiger partial charge in [-0.3, -0.25) is 4.79 Å². The van der Waals surface area contributed by atoms with Gasteiger partial charge in [-0.15, -0.1) is 12.4 Å². The topological polar surface area (TPSA) is 50.4 Å². The van der Waals surface area contributed by atoms with E-state index in [2.05, 4.69) is 10.6 Å². The van der Waals surface area contributed by atoms with E-state index in [1.54, 1.807) is 26.1 Å². The van der Waals surface area contributed by atoms with Crippen LogP contribution in [0, 0.1) is 5.82 Å². The minimum absolute atomic E-state index is 0. The van der Waals surface area contributed by atoms with Crippen LogP contribution in [0.2, 0.25) is 0 Å². The second kappa shape index (κ2) is 7.89. The van der Waals surface area contributed by atoms with E-state index in [1.807, 2.05) is 0 Å². The van der Waals surface area contributed by atoms with Crippen LogP contribution in [0.4, 0.5) is 4.39 Å². The summed E-state index contributed by atoms with van der Waals surface area (Å²) in [7, 11) is 3.10. The van der Waals surface area contributed by atoms with E-state index in [0.29, 0.717) is 5.56 Å². The fourth-order valence-electron chi connectivity index (χ4n) is 1.49. The molecule has 1 atom stereocenters. The van der Waals surface area contributed by atoms with E-state index in [9.17, 15) is 9.18 Å². The fourth-order valence-corrected chi connectivity index (χ4v) is 1.49. The van der Waals surface area contributed by atoms with Crippen molar-refractivity contribution >= 4 is 18.3 Å². The van der Waals surface area contributed by atoms with Gasteiger partial charge >= 0.3 is 0 Å². The Morgan fingerprint density at radius 2 is 2.17 bits per heavy atom. The van der Waals surface area contributed by atoms with Gasteiger partial charge in [0.2, 0.25) is 5.91 Å². The normalized spacial score (nSPS) is 11.3. The van der Waals surface area contributed by atoms with Crippen molar-refractivity contribution in [2.75, 3.05) is 20.7 Å². The predicted octanol–water partition coefficient (Wildman–Crippen LogP) is 1.65. The number of likely N-dealkylation sites (N-methyl/N-ethyl adjacent to an activating group) is 1. The molecule has 0 aliphatic rings. The Morgan fingerprint density at radius 1 is 1.50 bits per heavy atom. The van der Waals surface area contributed by atoms with Crippen molar-refractivity contribution in [2.45, 2.75) is 13.0 Å². The maximum absolute atomic E-state index is 13.4. The van der Waals surface area contributed by atoms with E-state index in [1.165, 1.54) is 13.2 Å². The fraction of sp³-hybridized carbons (Fsp3) is 0.417. The number of halogens is 2. The quantitative estimate of drug-likeness (QED) is 0.860. The third-order valence-electron chi connectivity index (χ3n) is 2.39. The summed E-state index contributed by atoms with van der Waals surface area (Å²) in [6.07, 6.45) is 0. The first-order chi connectivity index (χ1) is 8.08. The first kappa shape index (κ1) is 16.7. The van der Waals surface area contributed by atoms with Crippen LogP contribution in [-0.4, -0.2) is 26.6 Å². The Labute approximate surface area is 112 Å². The summed E-state index contributed by atoms with van der Waals surface area (Å²) in [5.74, 6) is -0.363. The van der Waals surface area contributed by atoms with Crippen molar-refractivity contribution in [1.29, 1.82) is 0 Å². The summed E-state index contributed by atoms with van der Waals surface area (Å²) in [5.41, 5.74) is 0.702. The Morgan fingerprint density at radius 3 is 2.67 bits per heavy atom. The van der Waals surface area contributed by atoms with Gasteiger partial charge in [0.05, 0.1) is 19.7 Å². The van der Waals surface area contributed by atoms with Crippen LogP contribution in [0.15, 0.2) is 18.2 Å². The molecule has 0 aliphatic carbocycles. The third-order valence-corrected chi connectivity index (χ3v) is 2.39. The van der Waals surface area contributed by atoms with Gasteiger partial charge in [-0.1, -0.05) is 6.07 Å². The Bertz CT molecular complexity index is 402. The molecule has 1 aromatic rings. The van der Waals surface area contributed by atoms with Crippen LogP contribution in [0.3, 0.4) is 0 Å². The van der Waals surface area contributed by atoms with Crippen LogP contribution in [-0.2, 0) is 4.79 Å². The zero-order valence-electron chi connectivity index (χ0n) is 10.6. The maximum Gasteiger partial charge on any atom is 0.234 e. The van der Waals surface area contributed by atoms with E-state index in [0.717, 1.165) is 0 Å². The summed E-state index contributed by atoms with van der Waals surface area (Å²) >= 11 is 0. The van der Waals surface area contributed by atoms with Crippen molar-refractivity contribution in [1.82, 2.24) is 10.6 Å². The lowest BCUT2D eigenvalue weighted by molar-refractivity contribution is -0.120. The molecule has 0 spiro atoms. The SMILES string of the molecule is CNCC(=O)NC(C)c1ccc(OC)c(F)c1.Cl. The lowest BCUT2D eigenvalue weighted by Gasteiger charge is -2.15. The van der Waals surface area contributed by atoms with Crippen LogP contribution in [0.5, 0.6) is 5.75 Å². The number of ether oxygens (including phenoxy) is 1. The molecule has 18 heavy (non-hydrogen) atoms. The summed E-state index contributed by atoms with van der Waals surface area (Å²) in [4.78, 5) is 11.3. The number of benzene rings is 1. The zero-order valence-corrected chi connectivity index (χ0v) is 11.4. The molecule has 1 rings (SSSR count). The van der Waals surface area contributed by atoms with Gasteiger partial charge in [0.15, 0.2) is 11.6 Å². The van der Waals surface area contributed by atoms with E-state index < -0.39 is 5.82 Å². The van der Waals surface area contributed by atoms with Crippen molar-refractivity contribution in [2.24, 2.45) is 0 Å². The summed E-state index contributed by atoms with van der Waals surface area (Å²) < 4.78 is 18.3. The molecule has 0 radical (unpaired) electrons. The number of hydrogen-bond acceptors (Lipinski definition) is 3. The minimum Gasteiger partial charge on any atom is -0.494 e. The summed E-state index contributed by atoms with van der Waals surface area (Å²) in [6.45, 7) is 2.04. The molecular formula is C12H18ClFN2O2. The number of nitrogens with one attached hydrogen (secondary N) is 2. The van der Waals surface area contributed by atoms with Crippen molar-refractivity contribution < 1.29 is 13.9 Å². The number of carbonyl (C=O) groups is 1. The molecule has 0 heterocycles. The highest BCUT2D eigenvalue weighted by atomic mass is 35.5. The van der Waals surface area contributed by atoms with Crippen molar-refractivity contribution in [3.8, 4) is 5.75 Å². The molecule has 0 aliphatic heterocycles.